The first kappa shape index (κ1) is 28.3. The van der Waals surface area contributed by atoms with Crippen LogP contribution in [-0.4, -0.2) is 36.6 Å². The van der Waals surface area contributed by atoms with E-state index in [0.717, 1.165) is 0 Å². The van der Waals surface area contributed by atoms with Crippen molar-refractivity contribution in [1.82, 2.24) is 5.32 Å². The topological polar surface area (TPSA) is 135 Å². The Balaban J connectivity index is 1.81. The lowest BCUT2D eigenvalue weighted by atomic mass is 9.90. The SMILES string of the molecule is CC1=C(OC(=O)OCCOc2cccc(Cl)c2)C(c2cccc([N+](=O)[O-])c2)C(OC(=O)OC(C)C)=C(C)N1. The van der Waals surface area contributed by atoms with Crippen molar-refractivity contribution in [3.8, 4) is 5.75 Å². The smallest absolute Gasteiger partial charge is 0.490 e. The fraction of sp³-hybridized carbons (Fsp3) is 0.308. The highest BCUT2D eigenvalue weighted by molar-refractivity contribution is 6.30. The zero-order valence-electron chi connectivity index (χ0n) is 21.2. The van der Waals surface area contributed by atoms with Crippen molar-refractivity contribution in [2.45, 2.75) is 39.7 Å². The van der Waals surface area contributed by atoms with Gasteiger partial charge in [-0.1, -0.05) is 29.8 Å². The van der Waals surface area contributed by atoms with Gasteiger partial charge in [-0.05, 0) is 51.5 Å². The molecule has 0 spiro atoms. The van der Waals surface area contributed by atoms with E-state index in [1.165, 1.54) is 18.2 Å². The summed E-state index contributed by atoms with van der Waals surface area (Å²) >= 11 is 5.92. The van der Waals surface area contributed by atoms with E-state index in [4.69, 9.17) is 35.3 Å². The Kier molecular flexibility index (Phi) is 9.55. The lowest BCUT2D eigenvalue weighted by Gasteiger charge is -2.30. The number of hydrogen-bond donors (Lipinski definition) is 1. The number of nitrogens with one attached hydrogen (secondary N) is 1. The number of halogens is 1. The normalized spacial score (nSPS) is 15.1. The molecule has 0 saturated carbocycles. The van der Waals surface area contributed by atoms with Crippen molar-refractivity contribution in [2.24, 2.45) is 0 Å². The fourth-order valence-corrected chi connectivity index (χ4v) is 3.80. The van der Waals surface area contributed by atoms with E-state index in [-0.39, 0.29) is 30.4 Å². The van der Waals surface area contributed by atoms with E-state index in [2.05, 4.69) is 5.32 Å². The molecule has 1 aliphatic rings. The molecule has 2 aromatic rings. The minimum absolute atomic E-state index is 0.0317. The Bertz CT molecular complexity index is 1270. The van der Waals surface area contributed by atoms with Gasteiger partial charge in [0.15, 0.2) is 0 Å². The van der Waals surface area contributed by atoms with Crippen LogP contribution in [0, 0.1) is 10.1 Å². The molecular weight excluding hydrogens is 520 g/mol. The lowest BCUT2D eigenvalue weighted by molar-refractivity contribution is -0.384. The van der Waals surface area contributed by atoms with Crippen LogP contribution >= 0.6 is 11.6 Å². The molecule has 1 heterocycles. The molecule has 38 heavy (non-hydrogen) atoms. The number of non-ortho nitro benzene ring substituents is 1. The summed E-state index contributed by atoms with van der Waals surface area (Å²) in [5, 5.41) is 14.9. The maximum atomic E-state index is 12.6. The zero-order chi connectivity index (χ0) is 27.8. The number of benzene rings is 2. The number of nitro groups is 1. The third-order valence-electron chi connectivity index (χ3n) is 5.14. The van der Waals surface area contributed by atoms with Gasteiger partial charge in [0, 0.05) is 17.2 Å². The first-order chi connectivity index (χ1) is 18.0. The third kappa shape index (κ3) is 7.62. The van der Waals surface area contributed by atoms with E-state index in [1.807, 2.05) is 0 Å². The molecule has 1 unspecified atom stereocenters. The molecule has 0 aliphatic carbocycles. The summed E-state index contributed by atoms with van der Waals surface area (Å²) in [5.41, 5.74) is 0.991. The number of dihydropyridines is 1. The average molecular weight is 547 g/mol. The molecule has 202 valence electrons. The van der Waals surface area contributed by atoms with Crippen LogP contribution in [0.2, 0.25) is 5.02 Å². The van der Waals surface area contributed by atoms with E-state index in [1.54, 1.807) is 58.0 Å². The predicted molar refractivity (Wildman–Crippen MR) is 136 cm³/mol. The molecule has 1 N–H and O–H groups in total. The fourth-order valence-electron chi connectivity index (χ4n) is 3.61. The van der Waals surface area contributed by atoms with Gasteiger partial charge < -0.3 is 29.0 Å². The van der Waals surface area contributed by atoms with Crippen molar-refractivity contribution in [1.29, 1.82) is 0 Å². The second-order valence-electron chi connectivity index (χ2n) is 8.41. The number of allylic oxidation sites excluding steroid dienone is 2. The quantitative estimate of drug-likeness (QED) is 0.168. The predicted octanol–water partition coefficient (Wildman–Crippen LogP) is 6.19. The van der Waals surface area contributed by atoms with Gasteiger partial charge in [-0.2, -0.15) is 0 Å². The van der Waals surface area contributed by atoms with Crippen molar-refractivity contribution in [3.05, 3.63) is 92.1 Å². The summed E-state index contributed by atoms with van der Waals surface area (Å²) in [6.07, 6.45) is -2.48. The number of carbonyl (C=O) groups excluding carboxylic acids is 2. The molecule has 0 bridgehead atoms. The Hall–Kier alpha value is -4.25. The van der Waals surface area contributed by atoms with Gasteiger partial charge in [-0.15, -0.1) is 0 Å². The van der Waals surface area contributed by atoms with Crippen molar-refractivity contribution in [2.75, 3.05) is 13.2 Å². The minimum Gasteiger partial charge on any atom is -0.490 e. The highest BCUT2D eigenvalue weighted by atomic mass is 35.5. The number of rotatable bonds is 9. The van der Waals surface area contributed by atoms with Gasteiger partial charge in [0.25, 0.3) is 5.69 Å². The standard InChI is InChI=1S/C26H27ClN2O9/c1-15(2)36-26(31)38-24-17(4)28-16(3)23(22(24)18-7-5-9-20(13-18)29(32)33)37-25(30)35-12-11-34-21-10-6-8-19(27)14-21/h5-10,13-15,22,28H,11-12H2,1-4H3. The van der Waals surface area contributed by atoms with Crippen LogP contribution < -0.4 is 10.1 Å². The van der Waals surface area contributed by atoms with Crippen LogP contribution in [0.1, 0.15) is 39.2 Å². The monoisotopic (exact) mass is 546 g/mol. The van der Waals surface area contributed by atoms with Crippen LogP contribution in [0.4, 0.5) is 15.3 Å². The van der Waals surface area contributed by atoms with Gasteiger partial charge in [0.1, 0.15) is 36.4 Å². The largest absolute Gasteiger partial charge is 0.513 e. The summed E-state index contributed by atoms with van der Waals surface area (Å²) in [5.74, 6) is -0.407. The second kappa shape index (κ2) is 12.8. The molecule has 12 heteroatoms. The molecule has 3 rings (SSSR count). The highest BCUT2D eigenvalue weighted by Crippen LogP contribution is 2.40. The zero-order valence-corrected chi connectivity index (χ0v) is 21.9. The molecule has 0 aromatic heterocycles. The van der Waals surface area contributed by atoms with Crippen LogP contribution in [0.3, 0.4) is 0 Å². The van der Waals surface area contributed by atoms with Gasteiger partial charge in [-0.25, -0.2) is 9.59 Å². The molecule has 1 atom stereocenters. The Morgan fingerprint density at radius 3 is 2.29 bits per heavy atom. The van der Waals surface area contributed by atoms with Crippen molar-refractivity contribution >= 4 is 29.6 Å². The van der Waals surface area contributed by atoms with Gasteiger partial charge >= 0.3 is 12.3 Å². The number of ether oxygens (including phenoxy) is 5. The highest BCUT2D eigenvalue weighted by Gasteiger charge is 2.36. The van der Waals surface area contributed by atoms with E-state index in [9.17, 15) is 19.7 Å². The van der Waals surface area contributed by atoms with E-state index < -0.39 is 29.3 Å². The van der Waals surface area contributed by atoms with Crippen molar-refractivity contribution in [3.63, 3.8) is 0 Å². The van der Waals surface area contributed by atoms with Crippen LogP contribution in [0.25, 0.3) is 0 Å². The number of carbonyl (C=O) groups is 2. The first-order valence-electron chi connectivity index (χ1n) is 11.6. The average Bonchev–Trinajstić information content (AvgIpc) is 2.84. The molecule has 1 aliphatic heterocycles. The third-order valence-corrected chi connectivity index (χ3v) is 5.37. The van der Waals surface area contributed by atoms with Crippen molar-refractivity contribution < 1.29 is 38.2 Å². The summed E-state index contributed by atoms with van der Waals surface area (Å²) in [7, 11) is 0. The second-order valence-corrected chi connectivity index (χ2v) is 8.85. The summed E-state index contributed by atoms with van der Waals surface area (Å²) in [4.78, 5) is 35.8. The maximum absolute atomic E-state index is 12.6. The van der Waals surface area contributed by atoms with E-state index >= 15 is 0 Å². The lowest BCUT2D eigenvalue weighted by Crippen LogP contribution is -2.29. The van der Waals surface area contributed by atoms with Gasteiger partial charge in [0.05, 0.1) is 22.4 Å². The molecule has 0 radical (unpaired) electrons. The number of nitro benzene ring substituents is 1. The van der Waals surface area contributed by atoms with E-state index in [0.29, 0.717) is 27.7 Å². The van der Waals surface area contributed by atoms with Crippen LogP contribution in [0.15, 0.2) is 71.4 Å². The Labute approximate surface area is 224 Å². The molecule has 0 amide bonds. The van der Waals surface area contributed by atoms with Gasteiger partial charge in [-0.3, -0.25) is 10.1 Å². The Morgan fingerprint density at radius 1 is 1.00 bits per heavy atom. The first-order valence-corrected chi connectivity index (χ1v) is 12.0. The number of hydrogen-bond acceptors (Lipinski definition) is 10. The van der Waals surface area contributed by atoms with Crippen LogP contribution in [-0.2, 0) is 18.9 Å². The minimum atomic E-state index is -1.05. The van der Waals surface area contributed by atoms with Gasteiger partial charge in [0.2, 0.25) is 0 Å². The molecule has 2 aromatic carbocycles. The summed E-state index contributed by atoms with van der Waals surface area (Å²) in [6, 6.07) is 12.4. The van der Waals surface area contributed by atoms with Crippen LogP contribution in [0.5, 0.6) is 5.75 Å². The molecule has 11 nitrogen and oxygen atoms in total. The number of nitrogens with zero attached hydrogens (tertiary/aromatic N) is 1. The summed E-state index contributed by atoms with van der Waals surface area (Å²) < 4.78 is 26.8. The molecule has 0 saturated heterocycles. The Morgan fingerprint density at radius 2 is 1.66 bits per heavy atom. The molecule has 0 fully saturated rings. The maximum Gasteiger partial charge on any atom is 0.513 e. The summed E-state index contributed by atoms with van der Waals surface area (Å²) in [6.45, 7) is 6.50. The molecular formula is C26H27ClN2O9.